The summed E-state index contributed by atoms with van der Waals surface area (Å²) >= 11 is 1.73. The zero-order valence-corrected chi connectivity index (χ0v) is 11.7. The van der Waals surface area contributed by atoms with Gasteiger partial charge in [-0.25, -0.2) is 0 Å². The molecule has 1 nitrogen and oxygen atoms in total. The SMILES string of the molecule is Cc1cc(C)c(C)c(C(N)c2cccs2)c1C. The molecule has 1 aromatic carbocycles. The van der Waals surface area contributed by atoms with Crippen molar-refractivity contribution in [2.24, 2.45) is 5.73 Å². The average molecular weight is 245 g/mol. The number of aryl methyl sites for hydroxylation is 2. The molecule has 0 amide bonds. The quantitative estimate of drug-likeness (QED) is 0.849. The predicted octanol–water partition coefficient (Wildman–Crippen LogP) is 4.03. The standard InChI is InChI=1S/C15H19NS/c1-9-8-10(2)12(4)14(11(9)3)15(16)13-6-5-7-17-13/h5-8,15H,16H2,1-4H3. The second-order valence-corrected chi connectivity index (χ2v) is 5.65. The fourth-order valence-corrected chi connectivity index (χ4v) is 3.06. The largest absolute Gasteiger partial charge is 0.320 e. The molecule has 1 unspecified atom stereocenters. The van der Waals surface area contributed by atoms with Crippen molar-refractivity contribution in [2.75, 3.05) is 0 Å². The summed E-state index contributed by atoms with van der Waals surface area (Å²) < 4.78 is 0. The number of benzene rings is 1. The van der Waals surface area contributed by atoms with Crippen LogP contribution >= 0.6 is 11.3 Å². The first-order valence-corrected chi connectivity index (χ1v) is 6.76. The molecular formula is C15H19NS. The van der Waals surface area contributed by atoms with Crippen molar-refractivity contribution in [3.63, 3.8) is 0 Å². The minimum absolute atomic E-state index is 0.00796. The zero-order valence-electron chi connectivity index (χ0n) is 10.9. The van der Waals surface area contributed by atoms with Gasteiger partial charge in [0.2, 0.25) is 0 Å². The van der Waals surface area contributed by atoms with Gasteiger partial charge in [-0.15, -0.1) is 11.3 Å². The van der Waals surface area contributed by atoms with Crippen LogP contribution in [0.15, 0.2) is 23.6 Å². The minimum atomic E-state index is 0.00796. The third kappa shape index (κ3) is 2.15. The van der Waals surface area contributed by atoms with Crippen molar-refractivity contribution in [1.82, 2.24) is 0 Å². The van der Waals surface area contributed by atoms with Crippen LogP contribution in [0, 0.1) is 27.7 Å². The van der Waals surface area contributed by atoms with Gasteiger partial charge in [0.05, 0.1) is 6.04 Å². The van der Waals surface area contributed by atoms with E-state index in [9.17, 15) is 0 Å². The smallest absolute Gasteiger partial charge is 0.0651 e. The molecule has 2 rings (SSSR count). The molecule has 90 valence electrons. The van der Waals surface area contributed by atoms with Crippen molar-refractivity contribution in [2.45, 2.75) is 33.7 Å². The van der Waals surface area contributed by atoms with E-state index in [1.54, 1.807) is 11.3 Å². The monoisotopic (exact) mass is 245 g/mol. The van der Waals surface area contributed by atoms with Gasteiger partial charge in [0.1, 0.15) is 0 Å². The highest BCUT2D eigenvalue weighted by atomic mass is 32.1. The first kappa shape index (κ1) is 12.3. The Hall–Kier alpha value is -1.12. The van der Waals surface area contributed by atoms with E-state index in [1.807, 2.05) is 0 Å². The first-order chi connectivity index (χ1) is 8.02. The van der Waals surface area contributed by atoms with E-state index in [1.165, 1.54) is 32.7 Å². The Balaban J connectivity index is 2.59. The van der Waals surface area contributed by atoms with E-state index in [-0.39, 0.29) is 6.04 Å². The van der Waals surface area contributed by atoms with Crippen molar-refractivity contribution in [1.29, 1.82) is 0 Å². The summed E-state index contributed by atoms with van der Waals surface area (Å²) in [4.78, 5) is 1.24. The maximum atomic E-state index is 6.41. The van der Waals surface area contributed by atoms with Gasteiger partial charge in [0.15, 0.2) is 0 Å². The van der Waals surface area contributed by atoms with Crippen LogP contribution in [0.3, 0.4) is 0 Å². The van der Waals surface area contributed by atoms with E-state index < -0.39 is 0 Å². The lowest BCUT2D eigenvalue weighted by Crippen LogP contribution is -2.15. The molecule has 0 spiro atoms. The summed E-state index contributed by atoms with van der Waals surface area (Å²) in [6, 6.07) is 6.43. The molecule has 2 aromatic rings. The average Bonchev–Trinajstić information content (AvgIpc) is 2.80. The molecule has 1 aromatic heterocycles. The highest BCUT2D eigenvalue weighted by molar-refractivity contribution is 7.10. The van der Waals surface area contributed by atoms with Crippen LogP contribution in [0.1, 0.15) is 38.7 Å². The van der Waals surface area contributed by atoms with Crippen molar-refractivity contribution >= 4 is 11.3 Å². The number of thiophene rings is 1. The van der Waals surface area contributed by atoms with Gasteiger partial charge in [-0.2, -0.15) is 0 Å². The predicted molar refractivity (Wildman–Crippen MR) is 75.7 cm³/mol. The Morgan fingerprint density at radius 2 is 1.65 bits per heavy atom. The fraction of sp³-hybridized carbons (Fsp3) is 0.333. The summed E-state index contributed by atoms with van der Waals surface area (Å²) in [5.41, 5.74) is 13.0. The van der Waals surface area contributed by atoms with Gasteiger partial charge in [0, 0.05) is 4.88 Å². The Bertz CT molecular complexity index is 500. The lowest BCUT2D eigenvalue weighted by Gasteiger charge is -2.20. The van der Waals surface area contributed by atoms with E-state index in [2.05, 4.69) is 51.3 Å². The van der Waals surface area contributed by atoms with Crippen molar-refractivity contribution in [3.8, 4) is 0 Å². The summed E-state index contributed by atoms with van der Waals surface area (Å²) in [5.74, 6) is 0. The molecule has 0 fully saturated rings. The molecule has 1 heterocycles. The Morgan fingerprint density at radius 3 is 2.12 bits per heavy atom. The molecule has 0 saturated carbocycles. The summed E-state index contributed by atoms with van der Waals surface area (Å²) in [6.45, 7) is 8.66. The van der Waals surface area contributed by atoms with Crippen molar-refractivity contribution in [3.05, 3.63) is 56.3 Å². The number of nitrogens with two attached hydrogens (primary N) is 1. The molecule has 17 heavy (non-hydrogen) atoms. The molecule has 0 saturated heterocycles. The second kappa shape index (κ2) is 4.63. The van der Waals surface area contributed by atoms with Crippen LogP contribution in [0.5, 0.6) is 0 Å². The summed E-state index contributed by atoms with van der Waals surface area (Å²) in [6.07, 6.45) is 0. The van der Waals surface area contributed by atoms with Crippen LogP contribution in [0.25, 0.3) is 0 Å². The van der Waals surface area contributed by atoms with Crippen LogP contribution in [-0.4, -0.2) is 0 Å². The number of hydrogen-bond donors (Lipinski definition) is 1. The van der Waals surface area contributed by atoms with Gasteiger partial charge in [0.25, 0.3) is 0 Å². The molecule has 0 aliphatic carbocycles. The van der Waals surface area contributed by atoms with E-state index in [0.717, 1.165) is 0 Å². The fourth-order valence-electron chi connectivity index (χ4n) is 2.32. The van der Waals surface area contributed by atoms with Crippen LogP contribution in [0.2, 0.25) is 0 Å². The highest BCUT2D eigenvalue weighted by Gasteiger charge is 2.17. The lowest BCUT2D eigenvalue weighted by atomic mass is 9.89. The van der Waals surface area contributed by atoms with Gasteiger partial charge in [-0.1, -0.05) is 12.1 Å². The van der Waals surface area contributed by atoms with Gasteiger partial charge >= 0.3 is 0 Å². The molecule has 2 heteroatoms. The minimum Gasteiger partial charge on any atom is -0.320 e. The molecular weight excluding hydrogens is 226 g/mol. The van der Waals surface area contributed by atoms with E-state index in [4.69, 9.17) is 5.73 Å². The Morgan fingerprint density at radius 1 is 1.06 bits per heavy atom. The van der Waals surface area contributed by atoms with Gasteiger partial charge in [-0.05, 0) is 67.0 Å². The van der Waals surface area contributed by atoms with Crippen molar-refractivity contribution < 1.29 is 0 Å². The Labute approximate surface area is 107 Å². The topological polar surface area (TPSA) is 26.0 Å². The van der Waals surface area contributed by atoms with Crippen LogP contribution < -0.4 is 5.73 Å². The normalized spacial score (nSPS) is 12.8. The molecule has 0 aliphatic rings. The number of rotatable bonds is 2. The molecule has 1 atom stereocenters. The molecule has 0 bridgehead atoms. The summed E-state index contributed by atoms with van der Waals surface area (Å²) in [5, 5.41) is 2.09. The maximum Gasteiger partial charge on any atom is 0.0651 e. The van der Waals surface area contributed by atoms with Gasteiger partial charge < -0.3 is 5.73 Å². The van der Waals surface area contributed by atoms with Crippen LogP contribution in [-0.2, 0) is 0 Å². The van der Waals surface area contributed by atoms with Gasteiger partial charge in [-0.3, -0.25) is 0 Å². The lowest BCUT2D eigenvalue weighted by molar-refractivity contribution is 0.864. The Kier molecular flexibility index (Phi) is 3.36. The zero-order chi connectivity index (χ0) is 12.6. The molecule has 2 N–H and O–H groups in total. The molecule has 0 aliphatic heterocycles. The van der Waals surface area contributed by atoms with E-state index in [0.29, 0.717) is 0 Å². The maximum absolute atomic E-state index is 6.41. The van der Waals surface area contributed by atoms with Crippen LogP contribution in [0.4, 0.5) is 0 Å². The second-order valence-electron chi connectivity index (χ2n) is 4.67. The molecule has 0 radical (unpaired) electrons. The summed E-state index contributed by atoms with van der Waals surface area (Å²) in [7, 11) is 0. The number of hydrogen-bond acceptors (Lipinski definition) is 2. The highest BCUT2D eigenvalue weighted by Crippen LogP contribution is 2.31. The third-order valence-electron chi connectivity index (χ3n) is 3.58. The third-order valence-corrected chi connectivity index (χ3v) is 4.54. The first-order valence-electron chi connectivity index (χ1n) is 5.88. The van der Waals surface area contributed by atoms with E-state index >= 15 is 0 Å².